The first-order valence-electron chi connectivity index (χ1n) is 10.5. The summed E-state index contributed by atoms with van der Waals surface area (Å²) in [7, 11) is 0. The number of hydrogen-bond donors (Lipinski definition) is 2. The first-order valence-corrected chi connectivity index (χ1v) is 10.5. The third-order valence-electron chi connectivity index (χ3n) is 5.08. The van der Waals surface area contributed by atoms with Crippen molar-refractivity contribution in [3.63, 3.8) is 0 Å². The Morgan fingerprint density at radius 3 is 2.45 bits per heavy atom. The molecule has 31 heavy (non-hydrogen) atoms. The van der Waals surface area contributed by atoms with Gasteiger partial charge in [0.05, 0.1) is 13.2 Å². The maximum Gasteiger partial charge on any atom is 0.224 e. The fraction of sp³-hybridized carbons (Fsp3) is 0.292. The van der Waals surface area contributed by atoms with E-state index in [1.165, 1.54) is 0 Å². The van der Waals surface area contributed by atoms with Crippen LogP contribution in [0.1, 0.15) is 17.8 Å². The van der Waals surface area contributed by atoms with Gasteiger partial charge >= 0.3 is 0 Å². The van der Waals surface area contributed by atoms with Crippen molar-refractivity contribution in [3.8, 4) is 0 Å². The van der Waals surface area contributed by atoms with E-state index in [2.05, 4.69) is 25.5 Å². The van der Waals surface area contributed by atoms with E-state index < -0.39 is 0 Å². The lowest BCUT2D eigenvalue weighted by Gasteiger charge is -2.28. The van der Waals surface area contributed by atoms with E-state index in [4.69, 9.17) is 4.74 Å². The summed E-state index contributed by atoms with van der Waals surface area (Å²) in [6.07, 6.45) is 1.18. The van der Waals surface area contributed by atoms with Crippen LogP contribution in [0.3, 0.4) is 0 Å². The number of carbonyl (C=O) groups is 1. The van der Waals surface area contributed by atoms with E-state index in [1.807, 2.05) is 67.6 Å². The molecule has 0 radical (unpaired) electrons. The zero-order chi connectivity index (χ0) is 21.5. The quantitative estimate of drug-likeness (QED) is 0.606. The molecule has 1 aliphatic rings. The summed E-state index contributed by atoms with van der Waals surface area (Å²) >= 11 is 0. The van der Waals surface area contributed by atoms with E-state index in [0.29, 0.717) is 25.5 Å². The lowest BCUT2D eigenvalue weighted by Crippen LogP contribution is -2.36. The largest absolute Gasteiger partial charge is 0.378 e. The van der Waals surface area contributed by atoms with Gasteiger partial charge in [0.2, 0.25) is 5.91 Å². The fourth-order valence-corrected chi connectivity index (χ4v) is 3.48. The maximum absolute atomic E-state index is 12.2. The zero-order valence-electron chi connectivity index (χ0n) is 17.7. The van der Waals surface area contributed by atoms with Gasteiger partial charge in [0.15, 0.2) is 0 Å². The standard InChI is InChI=1S/C24H27N5O2/c1-18-25-22(17-23(26-18)29-13-15-31-16-14-29)27-20-8-10-21(11-9-20)28-24(30)12-7-19-5-3-2-4-6-19/h2-6,8-11,17H,7,12-16H2,1H3,(H,28,30)(H,25,26,27). The van der Waals surface area contributed by atoms with Crippen LogP contribution in [0.2, 0.25) is 0 Å². The van der Waals surface area contributed by atoms with E-state index >= 15 is 0 Å². The Balaban J connectivity index is 1.34. The fourth-order valence-electron chi connectivity index (χ4n) is 3.48. The van der Waals surface area contributed by atoms with Crippen LogP contribution in [0.15, 0.2) is 60.7 Å². The average molecular weight is 418 g/mol. The number of amides is 1. The number of nitrogens with zero attached hydrogens (tertiary/aromatic N) is 3. The highest BCUT2D eigenvalue weighted by Crippen LogP contribution is 2.22. The first kappa shape index (κ1) is 20.8. The Labute approximate surface area is 182 Å². The second-order valence-electron chi connectivity index (χ2n) is 7.49. The third kappa shape index (κ3) is 6.02. The van der Waals surface area contributed by atoms with Crippen LogP contribution in [0, 0.1) is 6.92 Å². The van der Waals surface area contributed by atoms with Gasteiger partial charge in [0, 0.05) is 37.0 Å². The van der Waals surface area contributed by atoms with E-state index in [9.17, 15) is 4.79 Å². The molecule has 0 unspecified atom stereocenters. The molecule has 0 saturated carbocycles. The number of morpholine rings is 1. The van der Waals surface area contributed by atoms with Gasteiger partial charge in [0.1, 0.15) is 17.5 Å². The molecule has 160 valence electrons. The van der Waals surface area contributed by atoms with Gasteiger partial charge in [0.25, 0.3) is 0 Å². The molecule has 4 rings (SSSR count). The molecule has 0 spiro atoms. The summed E-state index contributed by atoms with van der Waals surface area (Å²) in [6, 6.07) is 19.6. The maximum atomic E-state index is 12.2. The van der Waals surface area contributed by atoms with Gasteiger partial charge in [-0.15, -0.1) is 0 Å². The summed E-state index contributed by atoms with van der Waals surface area (Å²) < 4.78 is 5.42. The molecule has 1 saturated heterocycles. The van der Waals surface area contributed by atoms with E-state index in [0.717, 1.165) is 48.1 Å². The van der Waals surface area contributed by atoms with E-state index in [-0.39, 0.29) is 5.91 Å². The summed E-state index contributed by atoms with van der Waals surface area (Å²) in [4.78, 5) is 23.5. The molecule has 1 amide bonds. The Hall–Kier alpha value is -3.45. The highest BCUT2D eigenvalue weighted by Gasteiger charge is 2.14. The minimum absolute atomic E-state index is 0.00569. The topological polar surface area (TPSA) is 79.4 Å². The third-order valence-corrected chi connectivity index (χ3v) is 5.08. The molecular formula is C24H27N5O2. The van der Waals surface area contributed by atoms with Crippen molar-refractivity contribution >= 4 is 28.9 Å². The molecule has 3 aromatic rings. The van der Waals surface area contributed by atoms with Crippen molar-refractivity contribution < 1.29 is 9.53 Å². The smallest absolute Gasteiger partial charge is 0.224 e. The SMILES string of the molecule is Cc1nc(Nc2ccc(NC(=O)CCc3ccccc3)cc2)cc(N2CCOCC2)n1. The lowest BCUT2D eigenvalue weighted by molar-refractivity contribution is -0.116. The van der Waals surface area contributed by atoms with Crippen molar-refractivity contribution in [1.82, 2.24) is 9.97 Å². The molecule has 0 aliphatic carbocycles. The number of anilines is 4. The summed E-state index contributed by atoms with van der Waals surface area (Å²) in [5, 5.41) is 6.28. The van der Waals surface area contributed by atoms with Crippen LogP contribution in [0.25, 0.3) is 0 Å². The van der Waals surface area contributed by atoms with Crippen LogP contribution >= 0.6 is 0 Å². The van der Waals surface area contributed by atoms with Crippen LogP contribution in [0.4, 0.5) is 23.0 Å². The van der Waals surface area contributed by atoms with Crippen molar-refractivity contribution in [2.45, 2.75) is 19.8 Å². The number of ether oxygens (including phenoxy) is 1. The Kier molecular flexibility index (Phi) is 6.74. The Bertz CT molecular complexity index is 1000. The molecule has 1 aromatic heterocycles. The number of aromatic nitrogens is 2. The highest BCUT2D eigenvalue weighted by atomic mass is 16.5. The predicted octanol–water partition coefficient (Wildman–Crippen LogP) is 3.94. The number of nitrogens with one attached hydrogen (secondary N) is 2. The lowest BCUT2D eigenvalue weighted by atomic mass is 10.1. The van der Waals surface area contributed by atoms with Gasteiger partial charge in [-0.25, -0.2) is 9.97 Å². The molecule has 2 heterocycles. The molecule has 1 fully saturated rings. The predicted molar refractivity (Wildman–Crippen MR) is 123 cm³/mol. The number of benzene rings is 2. The monoisotopic (exact) mass is 417 g/mol. The number of rotatable bonds is 7. The molecule has 0 bridgehead atoms. The van der Waals surface area contributed by atoms with Crippen molar-refractivity contribution in [1.29, 1.82) is 0 Å². The van der Waals surface area contributed by atoms with Crippen molar-refractivity contribution in [2.24, 2.45) is 0 Å². The molecule has 0 atom stereocenters. The highest BCUT2D eigenvalue weighted by molar-refractivity contribution is 5.91. The minimum Gasteiger partial charge on any atom is -0.378 e. The van der Waals surface area contributed by atoms with Crippen LogP contribution in [-0.2, 0) is 16.0 Å². The van der Waals surface area contributed by atoms with Gasteiger partial charge in [-0.05, 0) is 43.2 Å². The number of hydrogen-bond acceptors (Lipinski definition) is 6. The summed E-state index contributed by atoms with van der Waals surface area (Å²) in [5.74, 6) is 2.37. The Morgan fingerprint density at radius 1 is 1.00 bits per heavy atom. The molecule has 7 nitrogen and oxygen atoms in total. The number of carbonyl (C=O) groups excluding carboxylic acids is 1. The second kappa shape index (κ2) is 10.0. The second-order valence-corrected chi connectivity index (χ2v) is 7.49. The first-order chi connectivity index (χ1) is 15.2. The average Bonchev–Trinajstić information content (AvgIpc) is 2.80. The normalized spacial score (nSPS) is 13.6. The molecule has 7 heteroatoms. The Morgan fingerprint density at radius 2 is 1.71 bits per heavy atom. The minimum atomic E-state index is 0.00569. The van der Waals surface area contributed by atoms with Crippen LogP contribution in [0.5, 0.6) is 0 Å². The zero-order valence-corrected chi connectivity index (χ0v) is 17.7. The van der Waals surface area contributed by atoms with Crippen LogP contribution in [-0.4, -0.2) is 42.2 Å². The van der Waals surface area contributed by atoms with Gasteiger partial charge in [-0.1, -0.05) is 30.3 Å². The molecular weight excluding hydrogens is 390 g/mol. The summed E-state index contributed by atoms with van der Waals surface area (Å²) in [5.41, 5.74) is 2.83. The van der Waals surface area contributed by atoms with Crippen molar-refractivity contribution in [3.05, 3.63) is 72.1 Å². The number of aryl methyl sites for hydroxylation is 2. The van der Waals surface area contributed by atoms with E-state index in [1.54, 1.807) is 0 Å². The van der Waals surface area contributed by atoms with Crippen LogP contribution < -0.4 is 15.5 Å². The molecule has 2 N–H and O–H groups in total. The molecule has 1 aliphatic heterocycles. The van der Waals surface area contributed by atoms with Crippen molar-refractivity contribution in [2.75, 3.05) is 41.8 Å². The summed E-state index contributed by atoms with van der Waals surface area (Å²) in [6.45, 7) is 4.97. The van der Waals surface area contributed by atoms with Gasteiger partial charge in [-0.3, -0.25) is 4.79 Å². The molecule has 2 aromatic carbocycles. The van der Waals surface area contributed by atoms with Gasteiger partial charge in [-0.2, -0.15) is 0 Å². The van der Waals surface area contributed by atoms with Gasteiger partial charge < -0.3 is 20.3 Å².